The molecule has 5 nitrogen and oxygen atoms in total. The summed E-state index contributed by atoms with van der Waals surface area (Å²) >= 11 is 2.94. The van der Waals surface area contributed by atoms with E-state index in [-0.39, 0.29) is 33.1 Å². The first kappa shape index (κ1) is 18.2. The molecule has 0 aliphatic carbocycles. The summed E-state index contributed by atoms with van der Waals surface area (Å²) in [5, 5.41) is 0. The lowest BCUT2D eigenvalue weighted by Crippen LogP contribution is -2.40. The van der Waals surface area contributed by atoms with Gasteiger partial charge in [0.2, 0.25) is 0 Å². The molecule has 2 aromatic rings. The SMILES string of the molecule is CCOc1cc(Br)c(F)cc1-n1c(=O)cc(C(F)(F)F)n(C)c1=O. The molecule has 0 spiro atoms. The van der Waals surface area contributed by atoms with E-state index in [0.29, 0.717) is 4.57 Å². The number of ether oxygens (including phenoxy) is 1. The molecule has 1 aromatic carbocycles. The fourth-order valence-electron chi connectivity index (χ4n) is 2.08. The number of rotatable bonds is 3. The Labute approximate surface area is 141 Å². The zero-order chi connectivity index (χ0) is 18.2. The summed E-state index contributed by atoms with van der Waals surface area (Å²) in [5.74, 6) is -0.827. The second-order valence-corrected chi connectivity index (χ2v) is 5.56. The summed E-state index contributed by atoms with van der Waals surface area (Å²) in [6.07, 6.45) is -4.88. The fraction of sp³-hybridized carbons (Fsp3) is 0.286. The molecule has 0 unspecified atom stereocenters. The smallest absolute Gasteiger partial charge is 0.431 e. The van der Waals surface area contributed by atoms with Crippen molar-refractivity contribution in [3.63, 3.8) is 0 Å². The van der Waals surface area contributed by atoms with Crippen LogP contribution in [-0.4, -0.2) is 15.7 Å². The molecule has 0 fully saturated rings. The van der Waals surface area contributed by atoms with Crippen molar-refractivity contribution >= 4 is 15.9 Å². The highest BCUT2D eigenvalue weighted by Crippen LogP contribution is 2.30. The summed E-state index contributed by atoms with van der Waals surface area (Å²) in [7, 11) is 0.872. The lowest BCUT2D eigenvalue weighted by molar-refractivity contribution is -0.144. The molecule has 0 aliphatic rings. The van der Waals surface area contributed by atoms with E-state index < -0.39 is 28.9 Å². The molecule has 0 amide bonds. The predicted molar refractivity (Wildman–Crippen MR) is 81.1 cm³/mol. The number of hydrogen-bond donors (Lipinski definition) is 0. The van der Waals surface area contributed by atoms with E-state index in [0.717, 1.165) is 13.1 Å². The summed E-state index contributed by atoms with van der Waals surface area (Å²) in [4.78, 5) is 24.3. The minimum atomic E-state index is -4.88. The number of nitrogens with zero attached hydrogens (tertiary/aromatic N) is 2. The van der Waals surface area contributed by atoms with Gasteiger partial charge in [-0.3, -0.25) is 9.36 Å². The third kappa shape index (κ3) is 3.23. The highest BCUT2D eigenvalue weighted by atomic mass is 79.9. The van der Waals surface area contributed by atoms with Crippen LogP contribution in [-0.2, 0) is 13.2 Å². The zero-order valence-electron chi connectivity index (χ0n) is 12.4. The minimum Gasteiger partial charge on any atom is -0.492 e. The van der Waals surface area contributed by atoms with Gasteiger partial charge in [0, 0.05) is 19.2 Å². The normalized spacial score (nSPS) is 11.6. The largest absolute Gasteiger partial charge is 0.492 e. The molecule has 24 heavy (non-hydrogen) atoms. The van der Waals surface area contributed by atoms with E-state index >= 15 is 0 Å². The summed E-state index contributed by atoms with van der Waals surface area (Å²) < 4.78 is 58.4. The van der Waals surface area contributed by atoms with Gasteiger partial charge in [0.25, 0.3) is 5.56 Å². The van der Waals surface area contributed by atoms with Crippen LogP contribution in [0.15, 0.2) is 32.3 Å². The van der Waals surface area contributed by atoms with Gasteiger partial charge < -0.3 is 4.74 Å². The second kappa shape index (κ2) is 6.42. The minimum absolute atomic E-state index is 0.0199. The van der Waals surface area contributed by atoms with Crippen LogP contribution in [0.2, 0.25) is 0 Å². The van der Waals surface area contributed by atoms with Crippen LogP contribution in [0.5, 0.6) is 5.75 Å². The monoisotopic (exact) mass is 410 g/mol. The van der Waals surface area contributed by atoms with Crippen molar-refractivity contribution in [2.75, 3.05) is 6.61 Å². The fourth-order valence-corrected chi connectivity index (χ4v) is 2.41. The highest BCUT2D eigenvalue weighted by Gasteiger charge is 2.35. The van der Waals surface area contributed by atoms with Gasteiger partial charge in [-0.15, -0.1) is 0 Å². The molecule has 0 aliphatic heterocycles. The molecule has 10 heteroatoms. The standard InChI is InChI=1S/C14H11BrF4N2O3/c1-3-24-10-4-7(15)8(16)5-9(10)21-12(22)6-11(14(17,18)19)20(2)13(21)23/h4-6H,3H2,1-2H3. The van der Waals surface area contributed by atoms with Crippen molar-refractivity contribution in [1.82, 2.24) is 9.13 Å². The first-order chi connectivity index (χ1) is 11.1. The summed E-state index contributed by atoms with van der Waals surface area (Å²) in [6.45, 7) is 1.76. The number of aromatic nitrogens is 2. The van der Waals surface area contributed by atoms with Crippen molar-refractivity contribution in [3.05, 3.63) is 55.0 Å². The second-order valence-electron chi connectivity index (χ2n) is 4.71. The average Bonchev–Trinajstić information content (AvgIpc) is 2.47. The van der Waals surface area contributed by atoms with Crippen molar-refractivity contribution in [2.45, 2.75) is 13.1 Å². The Morgan fingerprint density at radius 2 is 1.83 bits per heavy atom. The molecular weight excluding hydrogens is 400 g/mol. The first-order valence-electron chi connectivity index (χ1n) is 6.60. The number of alkyl halides is 3. The van der Waals surface area contributed by atoms with Crippen LogP contribution in [0, 0.1) is 5.82 Å². The van der Waals surface area contributed by atoms with Crippen molar-refractivity contribution in [3.8, 4) is 11.4 Å². The summed E-state index contributed by atoms with van der Waals surface area (Å²) in [5.41, 5.74) is -4.19. The number of halogens is 5. The van der Waals surface area contributed by atoms with Crippen molar-refractivity contribution in [1.29, 1.82) is 0 Å². The summed E-state index contributed by atoms with van der Waals surface area (Å²) in [6, 6.07) is 2.31. The first-order valence-corrected chi connectivity index (χ1v) is 7.39. The predicted octanol–water partition coefficient (Wildman–Crippen LogP) is 2.86. The molecule has 0 saturated heterocycles. The van der Waals surface area contributed by atoms with E-state index in [1.54, 1.807) is 6.92 Å². The Hall–Kier alpha value is -2.10. The number of hydrogen-bond acceptors (Lipinski definition) is 3. The van der Waals surface area contributed by atoms with Crippen molar-refractivity contribution in [2.24, 2.45) is 7.05 Å². The molecule has 0 saturated carbocycles. The molecule has 0 radical (unpaired) electrons. The topological polar surface area (TPSA) is 53.2 Å². The molecule has 130 valence electrons. The zero-order valence-corrected chi connectivity index (χ0v) is 14.0. The Morgan fingerprint density at radius 1 is 1.21 bits per heavy atom. The van der Waals surface area contributed by atoms with Gasteiger partial charge in [-0.25, -0.2) is 13.8 Å². The van der Waals surface area contributed by atoms with Crippen LogP contribution in [0.4, 0.5) is 17.6 Å². The Bertz CT molecular complexity index is 903. The van der Waals surface area contributed by atoms with Gasteiger partial charge in [-0.05, 0) is 28.9 Å². The van der Waals surface area contributed by atoms with Gasteiger partial charge in [0.05, 0.1) is 16.8 Å². The third-order valence-electron chi connectivity index (χ3n) is 3.15. The van der Waals surface area contributed by atoms with Gasteiger partial charge >= 0.3 is 11.9 Å². The third-order valence-corrected chi connectivity index (χ3v) is 3.76. The number of benzene rings is 1. The molecule has 1 heterocycles. The van der Waals surface area contributed by atoms with E-state index in [9.17, 15) is 27.2 Å². The maximum Gasteiger partial charge on any atom is 0.431 e. The molecule has 0 N–H and O–H groups in total. The van der Waals surface area contributed by atoms with Crippen molar-refractivity contribution < 1.29 is 22.3 Å². The average molecular weight is 411 g/mol. The molecule has 2 rings (SSSR count). The van der Waals surface area contributed by atoms with Crippen LogP contribution in [0.1, 0.15) is 12.6 Å². The maximum atomic E-state index is 13.8. The molecule has 0 bridgehead atoms. The van der Waals surface area contributed by atoms with Gasteiger partial charge in [-0.1, -0.05) is 0 Å². The van der Waals surface area contributed by atoms with Gasteiger partial charge in [0.1, 0.15) is 17.3 Å². The Kier molecular flexibility index (Phi) is 4.88. The van der Waals surface area contributed by atoms with Gasteiger partial charge in [-0.2, -0.15) is 13.2 Å². The Balaban J connectivity index is 2.85. The Morgan fingerprint density at radius 3 is 2.38 bits per heavy atom. The van der Waals surface area contributed by atoms with E-state index in [2.05, 4.69) is 15.9 Å². The molecule has 0 atom stereocenters. The van der Waals surface area contributed by atoms with Crippen LogP contribution in [0.3, 0.4) is 0 Å². The molecular formula is C14H11BrF4N2O3. The van der Waals surface area contributed by atoms with Crippen LogP contribution < -0.4 is 16.0 Å². The molecule has 1 aromatic heterocycles. The lowest BCUT2D eigenvalue weighted by atomic mass is 10.2. The van der Waals surface area contributed by atoms with E-state index in [1.165, 1.54) is 6.07 Å². The van der Waals surface area contributed by atoms with Crippen LogP contribution in [0.25, 0.3) is 5.69 Å². The van der Waals surface area contributed by atoms with Gasteiger partial charge in [0.15, 0.2) is 0 Å². The maximum absolute atomic E-state index is 13.8. The quantitative estimate of drug-likeness (QED) is 0.731. The van der Waals surface area contributed by atoms with Crippen LogP contribution >= 0.6 is 15.9 Å². The van der Waals surface area contributed by atoms with E-state index in [4.69, 9.17) is 4.74 Å². The lowest BCUT2D eigenvalue weighted by Gasteiger charge is -2.16. The highest BCUT2D eigenvalue weighted by molar-refractivity contribution is 9.10. The van der Waals surface area contributed by atoms with E-state index in [1.807, 2.05) is 0 Å².